The number of aromatic nitrogens is 4. The fourth-order valence-electron chi connectivity index (χ4n) is 5.82. The van der Waals surface area contributed by atoms with Crippen LogP contribution in [0.3, 0.4) is 0 Å². The number of rotatable bonds is 8. The van der Waals surface area contributed by atoms with Gasteiger partial charge in [-0.05, 0) is 59.7 Å². The van der Waals surface area contributed by atoms with E-state index in [1.54, 1.807) is 24.8 Å². The van der Waals surface area contributed by atoms with Crippen molar-refractivity contribution in [2.45, 2.75) is 221 Å². The summed E-state index contributed by atoms with van der Waals surface area (Å²) in [7, 11) is 0.738. The number of hydrogen-bond donors (Lipinski definition) is 5. The van der Waals surface area contributed by atoms with Crippen molar-refractivity contribution in [1.29, 1.82) is 0 Å². The first-order valence-electron chi connectivity index (χ1n) is 28.6. The van der Waals surface area contributed by atoms with Gasteiger partial charge >= 0.3 is 5.97 Å². The lowest BCUT2D eigenvalue weighted by Crippen LogP contribution is -2.10. The molecule has 2 fully saturated rings. The number of carbonyl (C=O) groups is 2. The van der Waals surface area contributed by atoms with Crippen molar-refractivity contribution in [2.24, 2.45) is 0 Å². The Hall–Kier alpha value is -5.32. The number of methoxy groups -OCH3 is 1. The lowest BCUT2D eigenvalue weighted by atomic mass is 10.0. The molecule has 0 unspecified atom stereocenters. The predicted molar refractivity (Wildman–Crippen MR) is 355 cm³/mol. The summed E-state index contributed by atoms with van der Waals surface area (Å²) < 4.78 is 4.11. The minimum absolute atomic E-state index is 0. The number of esters is 1. The topological polar surface area (TPSA) is 180 Å². The number of thiazole rings is 2. The van der Waals surface area contributed by atoms with Gasteiger partial charge in [0.25, 0.3) is 5.97 Å². The molecule has 15 heteroatoms. The highest BCUT2D eigenvalue weighted by Crippen LogP contribution is 2.30. The van der Waals surface area contributed by atoms with E-state index in [-0.39, 0.29) is 28.0 Å². The molecule has 2 aliphatic rings. The number of carbonyl (C=O) groups excluding carboxylic acids is 1. The molecule has 79 heavy (non-hydrogen) atoms. The fraction of sp³-hybridized carbons (Fsp3) is 0.531. The third-order valence-corrected chi connectivity index (χ3v) is 10.9. The molecule has 0 saturated heterocycles. The first-order valence-corrected chi connectivity index (χ1v) is 34.3. The zero-order valence-electron chi connectivity index (χ0n) is 52.0. The molecule has 2 aromatic carbocycles. The maximum atomic E-state index is 9.59. The molecule has 0 radical (unpaired) electrons. The highest BCUT2D eigenvalue weighted by Gasteiger charge is 2.07. The summed E-state index contributed by atoms with van der Waals surface area (Å²) in [5.74, 6) is 0.542. The van der Waals surface area contributed by atoms with Gasteiger partial charge in [0.05, 0.1) is 30.1 Å². The Labute approximate surface area is 493 Å². The van der Waals surface area contributed by atoms with Crippen molar-refractivity contribution in [1.82, 2.24) is 19.9 Å². The van der Waals surface area contributed by atoms with Crippen molar-refractivity contribution in [3.8, 4) is 20.9 Å². The van der Waals surface area contributed by atoms with Crippen molar-refractivity contribution in [3.05, 3.63) is 120 Å². The van der Waals surface area contributed by atoms with Crippen LogP contribution in [0.1, 0.15) is 193 Å². The lowest BCUT2D eigenvalue weighted by Gasteiger charge is -2.06. The number of ether oxygens (including phenoxy) is 1. The van der Waals surface area contributed by atoms with E-state index in [0.29, 0.717) is 0 Å². The number of aliphatic hydroxyl groups is 2. The molecule has 0 amide bonds. The van der Waals surface area contributed by atoms with E-state index in [1.165, 1.54) is 114 Å². The highest BCUT2D eigenvalue weighted by molar-refractivity contribution is 7.15. The van der Waals surface area contributed by atoms with Gasteiger partial charge < -0.3 is 30.7 Å². The van der Waals surface area contributed by atoms with Crippen LogP contribution in [0.5, 0.6) is 0 Å². The molecule has 2 saturated carbocycles. The summed E-state index contributed by atoms with van der Waals surface area (Å²) in [6.45, 7) is 35.7. The number of aliphatic carboxylic acids is 1. The van der Waals surface area contributed by atoms with Crippen LogP contribution in [0, 0.1) is 0 Å². The van der Waals surface area contributed by atoms with Gasteiger partial charge in [0.1, 0.15) is 21.7 Å². The van der Waals surface area contributed by atoms with E-state index >= 15 is 0 Å². The van der Waals surface area contributed by atoms with E-state index < -0.39 is 14.0 Å². The summed E-state index contributed by atoms with van der Waals surface area (Å²) in [5.41, 5.74) is 4.09. The van der Waals surface area contributed by atoms with Crippen LogP contribution in [0.2, 0.25) is 26.2 Å². The molecule has 0 atom stereocenters. The summed E-state index contributed by atoms with van der Waals surface area (Å²) in [4.78, 5) is 37.5. The van der Waals surface area contributed by atoms with Crippen LogP contribution in [-0.2, 0) is 27.5 Å². The molecule has 5 N–H and O–H groups in total. The molecule has 2 aliphatic carbocycles. The second kappa shape index (κ2) is 61.9. The monoisotopic (exact) mass is 1160 g/mol. The first kappa shape index (κ1) is 85.0. The minimum atomic E-state index is -0.833. The predicted octanol–water partition coefficient (Wildman–Crippen LogP) is 20.8. The molecule has 4 heterocycles. The maximum absolute atomic E-state index is 9.59. The number of nitrogens with one attached hydrogen (secondary N) is 2. The molecule has 8 rings (SSSR count). The van der Waals surface area contributed by atoms with Crippen molar-refractivity contribution in [2.75, 3.05) is 17.7 Å². The van der Waals surface area contributed by atoms with E-state index in [4.69, 9.17) is 20.1 Å². The van der Waals surface area contributed by atoms with Crippen molar-refractivity contribution < 1.29 is 31.1 Å². The summed E-state index contributed by atoms with van der Waals surface area (Å²) >= 11 is 2.99. The summed E-state index contributed by atoms with van der Waals surface area (Å²) in [6.07, 6.45) is 25.1. The molecular formula is C64H114N6O6S2Si. The number of pyridine rings is 2. The number of nitrogens with zero attached hydrogens (tertiary/aromatic N) is 4. The third kappa shape index (κ3) is 53.1. The fourth-order valence-corrected chi connectivity index (χ4v) is 7.37. The minimum Gasteiger partial charge on any atom is -0.481 e. The Morgan fingerprint density at radius 2 is 0.785 bits per heavy atom. The molecule has 0 aliphatic heterocycles. The first-order chi connectivity index (χ1) is 37.7. The number of benzene rings is 2. The summed E-state index contributed by atoms with van der Waals surface area (Å²) in [6, 6.07) is 27.6. The van der Waals surface area contributed by atoms with Crippen molar-refractivity contribution >= 4 is 65.7 Å². The second-order valence-electron chi connectivity index (χ2n) is 16.9. The van der Waals surface area contributed by atoms with Crippen LogP contribution in [0.15, 0.2) is 110 Å². The Kier molecular flexibility index (Phi) is 66.6. The van der Waals surface area contributed by atoms with E-state index in [1.807, 2.05) is 168 Å². The van der Waals surface area contributed by atoms with Crippen LogP contribution in [0.25, 0.3) is 20.9 Å². The van der Waals surface area contributed by atoms with Gasteiger partial charge in [0.2, 0.25) is 0 Å². The Bertz CT molecular complexity index is 2020. The zero-order valence-corrected chi connectivity index (χ0v) is 54.6. The number of hydrogen-bond acceptors (Lipinski definition) is 13. The third-order valence-electron chi connectivity index (χ3n) is 8.83. The Morgan fingerprint density at radius 3 is 0.987 bits per heavy atom. The SMILES string of the molecule is C.C1CCCCC1.C1CCCCC1.CC.CC.CC.CC.CC.CC.CC(=O)O.COC(C)=O.C[Si](C)(C)C.OCc1ncc(-c2cccc(Nc3ccccn3)c2)s1.OCc1ncc(-c2cccc(Nc3ccccn3)c2)s1.[2HH]. The van der Waals surface area contributed by atoms with Gasteiger partial charge in [-0.3, -0.25) is 9.59 Å². The van der Waals surface area contributed by atoms with Gasteiger partial charge in [-0.15, -0.1) is 22.7 Å². The molecule has 0 bridgehead atoms. The largest absolute Gasteiger partial charge is 0.481 e. The quantitative estimate of drug-likeness (QED) is 0.0720. The van der Waals surface area contributed by atoms with Crippen molar-refractivity contribution in [3.63, 3.8) is 0 Å². The molecular weight excluding hydrogens is 1040 g/mol. The van der Waals surface area contributed by atoms with Crippen LogP contribution in [-0.4, -0.2) is 62.4 Å². The van der Waals surface area contributed by atoms with Gasteiger partial charge in [0, 0.05) is 59.5 Å². The molecule has 6 aromatic rings. The standard InChI is InChI=1S/2C15H13N3OS.2C6H12.C4H12Si.C3H6O2.C2H4O2.6C2H6.CH4.H2/c2*19-10-15-17-9-13(20-15)11-4-3-5-12(8-11)18-14-6-1-2-7-16-14;2*1-2-4-6-5-3-1;1-5(2,3)4;1-3(4)5-2;1-2(3)4;6*1-2;;/h2*1-9,19H,10H2,(H,16,18);2*1-6H2;1-4H3;1-2H3;1H3,(H,3,4);6*1-2H3;1H4;1H/i;;;;;;;;;;;;;;1+1. The van der Waals surface area contributed by atoms with E-state index in [9.17, 15) is 4.79 Å². The van der Waals surface area contributed by atoms with E-state index in [2.05, 4.69) is 61.5 Å². The zero-order chi connectivity index (χ0) is 60.4. The number of carboxylic acid groups (broad SMARTS) is 1. The van der Waals surface area contributed by atoms with Gasteiger partial charge in [0.15, 0.2) is 0 Å². The normalized spacial score (nSPS) is 10.9. The van der Waals surface area contributed by atoms with Crippen LogP contribution >= 0.6 is 22.7 Å². The van der Waals surface area contributed by atoms with Crippen LogP contribution in [0.4, 0.5) is 23.0 Å². The van der Waals surface area contributed by atoms with Gasteiger partial charge in [-0.2, -0.15) is 0 Å². The lowest BCUT2D eigenvalue weighted by molar-refractivity contribution is -0.138. The highest BCUT2D eigenvalue weighted by atomic mass is 32.1. The number of anilines is 4. The molecule has 12 nitrogen and oxygen atoms in total. The number of aliphatic hydroxyl groups excluding tert-OH is 2. The van der Waals surface area contributed by atoms with Crippen LogP contribution < -0.4 is 10.6 Å². The Morgan fingerprint density at radius 1 is 0.519 bits per heavy atom. The maximum Gasteiger partial charge on any atom is 0.302 e. The second-order valence-corrected chi connectivity index (χ2v) is 25.1. The molecule has 0 spiro atoms. The molecule has 4 aromatic heterocycles. The van der Waals surface area contributed by atoms with Gasteiger partial charge in [-0.25, -0.2) is 19.9 Å². The summed E-state index contributed by atoms with van der Waals surface area (Å²) in [5, 5.41) is 33.5. The average molecular weight is 1160 g/mol. The smallest absolute Gasteiger partial charge is 0.302 e. The Balaban J connectivity index is -0.000000163. The molecule has 452 valence electrons. The van der Waals surface area contributed by atoms with E-state index in [0.717, 1.165) is 60.8 Å². The average Bonchev–Trinajstić information content (AvgIpc) is 4.20. The van der Waals surface area contributed by atoms with Gasteiger partial charge in [-0.1, -0.05) is 230 Å². The number of carboxylic acids is 1.